The second-order valence-corrected chi connectivity index (χ2v) is 4.93. The maximum atomic E-state index is 11.6. The molecule has 1 atom stereocenters. The van der Waals surface area contributed by atoms with Crippen molar-refractivity contribution in [1.29, 1.82) is 5.26 Å². The molecule has 5 nitrogen and oxygen atoms in total. The minimum atomic E-state index is -0.402. The van der Waals surface area contributed by atoms with Crippen molar-refractivity contribution in [3.05, 3.63) is 23.5 Å². The van der Waals surface area contributed by atoms with E-state index in [4.69, 9.17) is 5.26 Å². The van der Waals surface area contributed by atoms with Gasteiger partial charge < -0.3 is 15.0 Å². The molecule has 19 heavy (non-hydrogen) atoms. The lowest BCUT2D eigenvalue weighted by atomic mass is 10.1. The molecule has 0 saturated heterocycles. The summed E-state index contributed by atoms with van der Waals surface area (Å²) in [5.74, 6) is -0.102. The van der Waals surface area contributed by atoms with Gasteiger partial charge in [-0.2, -0.15) is 5.26 Å². The van der Waals surface area contributed by atoms with Gasteiger partial charge in [-0.05, 0) is 24.8 Å². The summed E-state index contributed by atoms with van der Waals surface area (Å²) in [6.45, 7) is 0.629. The highest BCUT2D eigenvalue weighted by Gasteiger charge is 2.18. The first-order chi connectivity index (χ1) is 9.20. The number of aliphatic hydroxyl groups is 1. The summed E-state index contributed by atoms with van der Waals surface area (Å²) < 4.78 is 1.82. The van der Waals surface area contributed by atoms with Crippen molar-refractivity contribution in [3.8, 4) is 6.07 Å². The maximum Gasteiger partial charge on any atom is 0.239 e. The second-order valence-electron chi connectivity index (χ2n) is 4.93. The quantitative estimate of drug-likeness (QED) is 0.633. The number of aromatic nitrogens is 1. The summed E-state index contributed by atoms with van der Waals surface area (Å²) in [5, 5.41) is 21.1. The number of fused-ring (bicyclic) bond motifs is 1. The summed E-state index contributed by atoms with van der Waals surface area (Å²) in [5.41, 5.74) is 2.11. The SMILES string of the molecule is N#CCCNC(=O)Cn1cc2c(c1)C(O)CCCC2. The Bertz CT molecular complexity index is 487. The summed E-state index contributed by atoms with van der Waals surface area (Å²) in [6.07, 6.45) is 7.64. The van der Waals surface area contributed by atoms with Gasteiger partial charge in [-0.25, -0.2) is 0 Å². The average Bonchev–Trinajstić information content (AvgIpc) is 2.70. The van der Waals surface area contributed by atoms with Crippen molar-refractivity contribution in [2.75, 3.05) is 6.54 Å². The minimum absolute atomic E-state index is 0.102. The van der Waals surface area contributed by atoms with Crippen LogP contribution in [0.3, 0.4) is 0 Å². The van der Waals surface area contributed by atoms with E-state index in [1.54, 1.807) is 0 Å². The summed E-state index contributed by atoms with van der Waals surface area (Å²) in [4.78, 5) is 11.6. The highest BCUT2D eigenvalue weighted by molar-refractivity contribution is 5.75. The molecule has 2 N–H and O–H groups in total. The summed E-state index contributed by atoms with van der Waals surface area (Å²) >= 11 is 0. The fourth-order valence-electron chi connectivity index (χ4n) is 2.46. The molecular formula is C14H19N3O2. The van der Waals surface area contributed by atoms with Crippen LogP contribution < -0.4 is 5.32 Å². The number of aliphatic hydroxyl groups excluding tert-OH is 1. The molecular weight excluding hydrogens is 242 g/mol. The molecule has 0 spiro atoms. The number of amides is 1. The Labute approximate surface area is 112 Å². The summed E-state index contributed by atoms with van der Waals surface area (Å²) in [6, 6.07) is 1.98. The molecule has 1 unspecified atom stereocenters. The monoisotopic (exact) mass is 261 g/mol. The molecule has 1 aliphatic carbocycles. The first-order valence-corrected chi connectivity index (χ1v) is 6.71. The van der Waals surface area contributed by atoms with Crippen LogP contribution in [0.5, 0.6) is 0 Å². The number of hydrogen-bond acceptors (Lipinski definition) is 3. The molecule has 0 bridgehead atoms. The molecule has 5 heteroatoms. The van der Waals surface area contributed by atoms with E-state index >= 15 is 0 Å². The van der Waals surface area contributed by atoms with E-state index in [0.29, 0.717) is 13.0 Å². The average molecular weight is 261 g/mol. The lowest BCUT2D eigenvalue weighted by Gasteiger charge is -2.06. The van der Waals surface area contributed by atoms with Gasteiger partial charge in [0.1, 0.15) is 6.54 Å². The predicted octanol–water partition coefficient (Wildman–Crippen LogP) is 1.28. The van der Waals surface area contributed by atoms with Gasteiger partial charge in [0.2, 0.25) is 5.91 Å². The van der Waals surface area contributed by atoms with Crippen molar-refractivity contribution in [1.82, 2.24) is 9.88 Å². The second kappa shape index (κ2) is 6.39. The predicted molar refractivity (Wildman–Crippen MR) is 70.2 cm³/mol. The Morgan fingerprint density at radius 2 is 2.37 bits per heavy atom. The lowest BCUT2D eigenvalue weighted by molar-refractivity contribution is -0.121. The number of aryl methyl sites for hydroxylation is 1. The fraction of sp³-hybridized carbons (Fsp3) is 0.571. The Morgan fingerprint density at radius 3 is 3.16 bits per heavy atom. The third-order valence-corrected chi connectivity index (χ3v) is 3.42. The fourth-order valence-corrected chi connectivity index (χ4v) is 2.46. The zero-order valence-electron chi connectivity index (χ0n) is 10.9. The third-order valence-electron chi connectivity index (χ3n) is 3.42. The van der Waals surface area contributed by atoms with Gasteiger partial charge in [0.05, 0.1) is 18.6 Å². The molecule has 2 rings (SSSR count). The van der Waals surface area contributed by atoms with Gasteiger partial charge in [-0.1, -0.05) is 6.42 Å². The maximum absolute atomic E-state index is 11.6. The van der Waals surface area contributed by atoms with Gasteiger partial charge in [-0.15, -0.1) is 0 Å². The smallest absolute Gasteiger partial charge is 0.239 e. The topological polar surface area (TPSA) is 78.0 Å². The van der Waals surface area contributed by atoms with Crippen LogP contribution in [-0.2, 0) is 17.8 Å². The largest absolute Gasteiger partial charge is 0.388 e. The zero-order chi connectivity index (χ0) is 13.7. The molecule has 1 heterocycles. The number of rotatable bonds is 4. The number of carbonyl (C=O) groups excluding carboxylic acids is 1. The van der Waals surface area contributed by atoms with Crippen LogP contribution in [-0.4, -0.2) is 22.1 Å². The minimum Gasteiger partial charge on any atom is -0.388 e. The van der Waals surface area contributed by atoms with E-state index in [1.807, 2.05) is 23.0 Å². The highest BCUT2D eigenvalue weighted by Crippen LogP contribution is 2.29. The Balaban J connectivity index is 1.97. The van der Waals surface area contributed by atoms with Gasteiger partial charge >= 0.3 is 0 Å². The molecule has 1 aliphatic rings. The highest BCUT2D eigenvalue weighted by atomic mass is 16.3. The van der Waals surface area contributed by atoms with E-state index < -0.39 is 6.10 Å². The van der Waals surface area contributed by atoms with E-state index in [9.17, 15) is 9.90 Å². The van der Waals surface area contributed by atoms with E-state index in [2.05, 4.69) is 5.32 Å². The van der Waals surface area contributed by atoms with Crippen molar-refractivity contribution in [2.45, 2.75) is 44.8 Å². The van der Waals surface area contributed by atoms with Gasteiger partial charge in [-0.3, -0.25) is 4.79 Å². The van der Waals surface area contributed by atoms with E-state index in [0.717, 1.165) is 36.8 Å². The summed E-state index contributed by atoms with van der Waals surface area (Å²) in [7, 11) is 0. The Hall–Kier alpha value is -1.80. The van der Waals surface area contributed by atoms with Gasteiger partial charge in [0.25, 0.3) is 0 Å². The molecule has 0 saturated carbocycles. The van der Waals surface area contributed by atoms with Crippen LogP contribution in [0.1, 0.15) is 42.9 Å². The number of nitriles is 1. The van der Waals surface area contributed by atoms with Gasteiger partial charge in [0, 0.05) is 24.5 Å². The van der Waals surface area contributed by atoms with Crippen molar-refractivity contribution in [3.63, 3.8) is 0 Å². The normalized spacial score (nSPS) is 18.2. The van der Waals surface area contributed by atoms with Crippen LogP contribution in [0.2, 0.25) is 0 Å². The van der Waals surface area contributed by atoms with Crippen molar-refractivity contribution in [2.24, 2.45) is 0 Å². The van der Waals surface area contributed by atoms with Gasteiger partial charge in [0.15, 0.2) is 0 Å². The Kier molecular flexibility index (Phi) is 4.58. The molecule has 1 amide bonds. The number of hydrogen-bond donors (Lipinski definition) is 2. The molecule has 1 aromatic rings. The van der Waals surface area contributed by atoms with Crippen molar-refractivity contribution >= 4 is 5.91 Å². The van der Waals surface area contributed by atoms with Crippen LogP contribution in [0, 0.1) is 11.3 Å². The third kappa shape index (κ3) is 3.58. The Morgan fingerprint density at radius 1 is 1.53 bits per heavy atom. The molecule has 0 fully saturated rings. The first kappa shape index (κ1) is 13.6. The zero-order valence-corrected chi connectivity index (χ0v) is 10.9. The standard InChI is InChI=1S/C14H19N3O2/c15-6-3-7-16-14(19)10-17-8-11-4-1-2-5-13(18)12(11)9-17/h8-9,13,18H,1-5,7,10H2,(H,16,19). The first-order valence-electron chi connectivity index (χ1n) is 6.71. The molecule has 102 valence electrons. The van der Waals surface area contributed by atoms with Crippen LogP contribution in [0.15, 0.2) is 12.4 Å². The van der Waals surface area contributed by atoms with Crippen LogP contribution in [0.4, 0.5) is 0 Å². The van der Waals surface area contributed by atoms with E-state index in [1.165, 1.54) is 0 Å². The van der Waals surface area contributed by atoms with Crippen LogP contribution in [0.25, 0.3) is 0 Å². The van der Waals surface area contributed by atoms with Crippen LogP contribution >= 0.6 is 0 Å². The molecule has 1 aromatic heterocycles. The molecule has 0 radical (unpaired) electrons. The van der Waals surface area contributed by atoms with E-state index in [-0.39, 0.29) is 12.5 Å². The number of nitrogens with one attached hydrogen (secondary N) is 1. The van der Waals surface area contributed by atoms with Crippen molar-refractivity contribution < 1.29 is 9.90 Å². The lowest BCUT2D eigenvalue weighted by Crippen LogP contribution is -2.27. The number of nitrogens with zero attached hydrogens (tertiary/aromatic N) is 2. The number of carbonyl (C=O) groups is 1. The molecule has 0 aliphatic heterocycles. The molecule has 0 aromatic carbocycles.